The van der Waals surface area contributed by atoms with Crippen LogP contribution in [0.15, 0.2) is 52.5 Å². The molecule has 4 atom stereocenters. The number of ether oxygens (including phenoxy) is 1. The van der Waals surface area contributed by atoms with Gasteiger partial charge in [0.05, 0.1) is 18.8 Å². The van der Waals surface area contributed by atoms with E-state index in [1.807, 2.05) is 0 Å². The Morgan fingerprint density at radius 1 is 1.37 bits per heavy atom. The SMILES string of the molecule is [N-]=[N+]=N[C@H]1[C@@H](O)[C@H](n2ccc(NC(=O)c3ccccc3)nc2=O)O[C@@H]1CO. The highest BCUT2D eigenvalue weighted by atomic mass is 16.5. The van der Waals surface area contributed by atoms with Gasteiger partial charge in [0.2, 0.25) is 0 Å². The summed E-state index contributed by atoms with van der Waals surface area (Å²) >= 11 is 0. The molecular formula is C16H16N6O5. The first kappa shape index (κ1) is 18.5. The number of aromatic nitrogens is 2. The summed E-state index contributed by atoms with van der Waals surface area (Å²) in [5.74, 6) is -0.399. The molecule has 1 fully saturated rings. The van der Waals surface area contributed by atoms with Gasteiger partial charge in [0.1, 0.15) is 11.9 Å². The predicted octanol–water partition coefficient (Wildman–Crippen LogP) is 0.425. The molecule has 1 aliphatic heterocycles. The molecule has 0 aliphatic carbocycles. The Hall–Kier alpha value is -3.24. The molecule has 11 heteroatoms. The lowest BCUT2D eigenvalue weighted by Crippen LogP contribution is -2.35. The van der Waals surface area contributed by atoms with Crippen LogP contribution >= 0.6 is 0 Å². The minimum atomic E-state index is -1.35. The van der Waals surface area contributed by atoms with Gasteiger partial charge in [-0.25, -0.2) is 4.79 Å². The van der Waals surface area contributed by atoms with Gasteiger partial charge in [-0.05, 0) is 23.7 Å². The Labute approximate surface area is 152 Å². The van der Waals surface area contributed by atoms with Crippen LogP contribution in [0.4, 0.5) is 5.82 Å². The Bertz CT molecular complexity index is 926. The van der Waals surface area contributed by atoms with Crippen LogP contribution in [-0.4, -0.2) is 50.5 Å². The molecule has 1 saturated heterocycles. The minimum absolute atomic E-state index is 0.0305. The number of nitrogens with one attached hydrogen (secondary N) is 1. The predicted molar refractivity (Wildman–Crippen MR) is 92.8 cm³/mol. The number of carbonyl (C=O) groups is 1. The van der Waals surface area contributed by atoms with Crippen LogP contribution in [0.5, 0.6) is 0 Å². The van der Waals surface area contributed by atoms with Gasteiger partial charge in [-0.2, -0.15) is 4.98 Å². The molecule has 3 N–H and O–H groups in total. The van der Waals surface area contributed by atoms with Gasteiger partial charge in [0, 0.05) is 16.7 Å². The van der Waals surface area contributed by atoms with Crippen molar-refractivity contribution in [3.05, 3.63) is 69.1 Å². The van der Waals surface area contributed by atoms with Gasteiger partial charge >= 0.3 is 5.69 Å². The highest BCUT2D eigenvalue weighted by Crippen LogP contribution is 2.30. The van der Waals surface area contributed by atoms with Crippen molar-refractivity contribution >= 4 is 11.7 Å². The molecule has 2 heterocycles. The number of aliphatic hydroxyl groups excluding tert-OH is 2. The van der Waals surface area contributed by atoms with Crippen molar-refractivity contribution in [2.24, 2.45) is 5.11 Å². The first-order valence-corrected chi connectivity index (χ1v) is 7.99. The van der Waals surface area contributed by atoms with Gasteiger partial charge in [-0.15, -0.1) is 0 Å². The van der Waals surface area contributed by atoms with Crippen LogP contribution in [0.1, 0.15) is 16.6 Å². The molecule has 2 aromatic rings. The van der Waals surface area contributed by atoms with E-state index in [0.29, 0.717) is 5.56 Å². The van der Waals surface area contributed by atoms with Crippen LogP contribution in [0.25, 0.3) is 10.4 Å². The average molecular weight is 372 g/mol. The maximum absolute atomic E-state index is 12.3. The standard InChI is InChI=1S/C16H16N6O5/c17-21-20-12-10(8-23)27-15(13(12)24)22-7-6-11(19-16(22)26)18-14(25)9-4-2-1-3-5-9/h1-7,10,12-13,15,23-24H,8H2,(H,18,19,25,26)/t10-,12-,13-,15-/m1/s1. The van der Waals surface area contributed by atoms with Gasteiger partial charge in [0.25, 0.3) is 5.91 Å². The number of hydrogen-bond donors (Lipinski definition) is 3. The fourth-order valence-electron chi connectivity index (χ4n) is 2.77. The molecule has 27 heavy (non-hydrogen) atoms. The number of nitrogens with zero attached hydrogens (tertiary/aromatic N) is 5. The second kappa shape index (κ2) is 7.98. The van der Waals surface area contributed by atoms with E-state index in [1.54, 1.807) is 30.3 Å². The van der Waals surface area contributed by atoms with Crippen molar-refractivity contribution in [3.8, 4) is 0 Å². The average Bonchev–Trinajstić information content (AvgIpc) is 2.99. The van der Waals surface area contributed by atoms with E-state index in [4.69, 9.17) is 10.3 Å². The van der Waals surface area contributed by atoms with Crippen molar-refractivity contribution < 1.29 is 19.7 Å². The van der Waals surface area contributed by atoms with Crippen LogP contribution in [-0.2, 0) is 4.74 Å². The lowest BCUT2D eigenvalue weighted by atomic mass is 10.1. The fourth-order valence-corrected chi connectivity index (χ4v) is 2.77. The number of amides is 1. The third-order valence-corrected chi connectivity index (χ3v) is 4.08. The number of carbonyl (C=O) groups excluding carboxylic acids is 1. The summed E-state index contributed by atoms with van der Waals surface area (Å²) in [6, 6.07) is 8.73. The summed E-state index contributed by atoms with van der Waals surface area (Å²) in [5.41, 5.74) is 8.19. The lowest BCUT2D eigenvalue weighted by molar-refractivity contribution is -0.0531. The molecule has 0 radical (unpaired) electrons. The molecule has 1 aromatic carbocycles. The van der Waals surface area contributed by atoms with Gasteiger partial charge < -0.3 is 20.3 Å². The molecule has 0 bridgehead atoms. The lowest BCUT2D eigenvalue weighted by Gasteiger charge is -2.17. The molecule has 3 rings (SSSR count). The zero-order valence-corrected chi connectivity index (χ0v) is 13.9. The maximum Gasteiger partial charge on any atom is 0.351 e. The third-order valence-electron chi connectivity index (χ3n) is 4.08. The highest BCUT2D eigenvalue weighted by Gasteiger charge is 2.44. The van der Waals surface area contributed by atoms with Crippen molar-refractivity contribution in [3.63, 3.8) is 0 Å². The Morgan fingerprint density at radius 3 is 2.74 bits per heavy atom. The smallest absolute Gasteiger partial charge is 0.351 e. The number of benzene rings is 1. The zero-order chi connectivity index (χ0) is 19.4. The summed E-state index contributed by atoms with van der Waals surface area (Å²) in [6.45, 7) is -0.495. The van der Waals surface area contributed by atoms with Crippen molar-refractivity contribution in [2.45, 2.75) is 24.5 Å². The van der Waals surface area contributed by atoms with Crippen molar-refractivity contribution in [2.75, 3.05) is 11.9 Å². The topological polar surface area (TPSA) is 162 Å². The van der Waals surface area contributed by atoms with E-state index >= 15 is 0 Å². The molecule has 0 saturated carbocycles. The molecule has 11 nitrogen and oxygen atoms in total. The monoisotopic (exact) mass is 372 g/mol. The number of hydrogen-bond acceptors (Lipinski definition) is 7. The van der Waals surface area contributed by atoms with E-state index in [9.17, 15) is 19.8 Å². The molecular weight excluding hydrogens is 356 g/mol. The van der Waals surface area contributed by atoms with Crippen molar-refractivity contribution in [1.82, 2.24) is 9.55 Å². The quantitative estimate of drug-likeness (QED) is 0.391. The Morgan fingerprint density at radius 2 is 2.11 bits per heavy atom. The van der Waals surface area contributed by atoms with Gasteiger partial charge in [0.15, 0.2) is 6.23 Å². The number of rotatable bonds is 5. The summed E-state index contributed by atoms with van der Waals surface area (Å²) in [6.07, 6.45) is -2.19. The molecule has 0 unspecified atom stereocenters. The fraction of sp³-hybridized carbons (Fsp3) is 0.312. The molecule has 0 spiro atoms. The van der Waals surface area contributed by atoms with E-state index in [-0.39, 0.29) is 5.82 Å². The van der Waals surface area contributed by atoms with E-state index < -0.39 is 42.7 Å². The van der Waals surface area contributed by atoms with E-state index in [2.05, 4.69) is 20.3 Å². The Balaban J connectivity index is 1.80. The number of aliphatic hydroxyl groups is 2. The summed E-state index contributed by atoms with van der Waals surface area (Å²) in [5, 5.41) is 25.5. The first-order chi connectivity index (χ1) is 13.0. The summed E-state index contributed by atoms with van der Waals surface area (Å²) in [4.78, 5) is 30.8. The molecule has 1 aliphatic rings. The van der Waals surface area contributed by atoms with Gasteiger partial charge in [-0.1, -0.05) is 23.3 Å². The maximum atomic E-state index is 12.3. The molecule has 1 amide bonds. The van der Waals surface area contributed by atoms with Gasteiger partial charge in [-0.3, -0.25) is 9.36 Å². The van der Waals surface area contributed by atoms with Crippen LogP contribution in [0.3, 0.4) is 0 Å². The summed E-state index contributed by atoms with van der Waals surface area (Å²) in [7, 11) is 0. The van der Waals surface area contributed by atoms with Crippen LogP contribution in [0.2, 0.25) is 0 Å². The second-order valence-corrected chi connectivity index (χ2v) is 5.76. The number of azide groups is 1. The Kier molecular flexibility index (Phi) is 5.48. The van der Waals surface area contributed by atoms with E-state index in [0.717, 1.165) is 4.57 Å². The molecule has 1 aromatic heterocycles. The number of anilines is 1. The van der Waals surface area contributed by atoms with E-state index in [1.165, 1.54) is 12.3 Å². The zero-order valence-electron chi connectivity index (χ0n) is 13.9. The molecule has 140 valence electrons. The first-order valence-electron chi connectivity index (χ1n) is 7.99. The normalized spacial score (nSPS) is 24.2. The largest absolute Gasteiger partial charge is 0.394 e. The van der Waals surface area contributed by atoms with Crippen molar-refractivity contribution in [1.29, 1.82) is 0 Å². The van der Waals surface area contributed by atoms with Crippen LogP contribution < -0.4 is 11.0 Å². The minimum Gasteiger partial charge on any atom is -0.394 e. The third kappa shape index (κ3) is 3.81. The second-order valence-electron chi connectivity index (χ2n) is 5.76. The highest BCUT2D eigenvalue weighted by molar-refractivity contribution is 6.03. The summed E-state index contributed by atoms with van der Waals surface area (Å²) < 4.78 is 6.41. The van der Waals surface area contributed by atoms with Crippen LogP contribution in [0, 0.1) is 0 Å².